The monoisotopic (exact) mass is 609 g/mol. The molecule has 2 aliphatic rings. The highest BCUT2D eigenvalue weighted by Crippen LogP contribution is 2.47. The molecule has 5 rings (SSSR count). The first kappa shape index (κ1) is 31.0. The molecule has 2 aliphatic heterocycles. The van der Waals surface area contributed by atoms with E-state index < -0.39 is 27.6 Å². The number of carbonyl (C=O) groups excluding carboxylic acids is 2. The van der Waals surface area contributed by atoms with Gasteiger partial charge in [-0.15, -0.1) is 0 Å². The number of aromatic amines is 1. The van der Waals surface area contributed by atoms with Crippen LogP contribution in [0.25, 0.3) is 10.9 Å². The number of amides is 2. The van der Waals surface area contributed by atoms with Gasteiger partial charge in [-0.25, -0.2) is 8.42 Å². The van der Waals surface area contributed by atoms with Crippen molar-refractivity contribution in [3.05, 3.63) is 65.9 Å². The van der Waals surface area contributed by atoms with Crippen LogP contribution in [0.15, 0.2) is 54.7 Å². The van der Waals surface area contributed by atoms with Gasteiger partial charge in [0.2, 0.25) is 21.8 Å². The van der Waals surface area contributed by atoms with Crippen LogP contribution in [0.4, 0.5) is 5.69 Å². The van der Waals surface area contributed by atoms with Crippen molar-refractivity contribution in [3.8, 4) is 0 Å². The number of anilines is 1. The second-order valence-corrected chi connectivity index (χ2v) is 14.7. The maximum Gasteiger partial charge on any atom is 0.245 e. The molecule has 1 fully saturated rings. The number of H-pyrrole nitrogens is 1. The molecule has 2 aromatic carbocycles. The minimum absolute atomic E-state index is 0.0906. The quantitative estimate of drug-likeness (QED) is 0.278. The van der Waals surface area contributed by atoms with E-state index in [4.69, 9.17) is 5.73 Å². The highest BCUT2D eigenvalue weighted by atomic mass is 32.2. The summed E-state index contributed by atoms with van der Waals surface area (Å²) in [5.41, 5.74) is 8.64. The van der Waals surface area contributed by atoms with Crippen molar-refractivity contribution in [2.75, 3.05) is 36.7 Å². The molecule has 1 aromatic heterocycles. The van der Waals surface area contributed by atoms with Crippen LogP contribution in [-0.2, 0) is 31.4 Å². The summed E-state index contributed by atoms with van der Waals surface area (Å²) in [5, 5.41) is 14.0. The minimum Gasteiger partial charge on any atom is -0.393 e. The zero-order valence-corrected chi connectivity index (χ0v) is 26.0. The smallest absolute Gasteiger partial charge is 0.245 e. The first-order chi connectivity index (χ1) is 20.3. The van der Waals surface area contributed by atoms with Crippen LogP contribution in [0.5, 0.6) is 0 Å². The standard InChI is InChI=1S/C32H43N5O5S/c1-22(38)17-31(2,20-33)18-29(39)35-27(16-23-19-34-26-10-6-4-8-24(23)26)30(40)36-14-12-32(13-15-36)21-37(43(3,41)42)28-11-7-5-9-25(28)32/h4-11,19,22,27,34,38H,12-18,20-21,33H2,1-3H3,(H,35,39)/t22-,27-,31?/m1/s1. The van der Waals surface area contributed by atoms with Crippen LogP contribution in [0, 0.1) is 5.41 Å². The lowest BCUT2D eigenvalue weighted by atomic mass is 9.74. The second kappa shape index (κ2) is 11.9. The van der Waals surface area contributed by atoms with E-state index in [9.17, 15) is 23.1 Å². The fourth-order valence-corrected chi connectivity index (χ4v) is 7.98. The minimum atomic E-state index is -3.44. The summed E-state index contributed by atoms with van der Waals surface area (Å²) >= 11 is 0. The molecule has 0 saturated carbocycles. The van der Waals surface area contributed by atoms with Crippen LogP contribution in [0.2, 0.25) is 0 Å². The van der Waals surface area contributed by atoms with Crippen LogP contribution in [-0.4, -0.2) is 79.8 Å². The van der Waals surface area contributed by atoms with E-state index in [2.05, 4.69) is 10.3 Å². The largest absolute Gasteiger partial charge is 0.393 e. The summed E-state index contributed by atoms with van der Waals surface area (Å²) in [7, 11) is -3.44. The summed E-state index contributed by atoms with van der Waals surface area (Å²) in [6, 6.07) is 14.7. The summed E-state index contributed by atoms with van der Waals surface area (Å²) < 4.78 is 26.7. The van der Waals surface area contributed by atoms with Crippen molar-refractivity contribution in [2.45, 2.75) is 63.5 Å². The van der Waals surface area contributed by atoms with Gasteiger partial charge in [0.1, 0.15) is 6.04 Å². The molecule has 1 unspecified atom stereocenters. The van der Waals surface area contributed by atoms with Crippen LogP contribution < -0.4 is 15.4 Å². The molecule has 0 radical (unpaired) electrons. The summed E-state index contributed by atoms with van der Waals surface area (Å²) in [6.45, 7) is 5.05. The number of sulfonamides is 1. The summed E-state index contributed by atoms with van der Waals surface area (Å²) in [6.07, 6.45) is 4.53. The molecule has 5 N–H and O–H groups in total. The summed E-state index contributed by atoms with van der Waals surface area (Å²) in [5.74, 6) is -0.446. The number of fused-ring (bicyclic) bond motifs is 3. The fraction of sp³-hybridized carbons (Fsp3) is 0.500. The number of aliphatic hydroxyl groups excluding tert-OH is 1. The molecular weight excluding hydrogens is 566 g/mol. The molecule has 0 aliphatic carbocycles. The molecule has 10 nitrogen and oxygen atoms in total. The number of carbonyl (C=O) groups is 2. The Kier molecular flexibility index (Phi) is 8.61. The molecule has 0 bridgehead atoms. The number of likely N-dealkylation sites (tertiary alicyclic amines) is 1. The van der Waals surface area contributed by atoms with E-state index in [0.29, 0.717) is 45.3 Å². The first-order valence-corrected chi connectivity index (χ1v) is 16.8. The lowest BCUT2D eigenvalue weighted by molar-refractivity contribution is -0.138. The lowest BCUT2D eigenvalue weighted by Gasteiger charge is -2.41. The third-order valence-corrected chi connectivity index (χ3v) is 10.3. The first-order valence-electron chi connectivity index (χ1n) is 14.9. The Morgan fingerprint density at radius 2 is 1.81 bits per heavy atom. The molecule has 1 spiro atoms. The zero-order chi connectivity index (χ0) is 31.0. The van der Waals surface area contributed by atoms with Crippen molar-refractivity contribution in [3.63, 3.8) is 0 Å². The van der Waals surface area contributed by atoms with E-state index in [1.165, 1.54) is 10.6 Å². The summed E-state index contributed by atoms with van der Waals surface area (Å²) in [4.78, 5) is 32.5. The average Bonchev–Trinajstić information content (AvgIpc) is 3.52. The Labute approximate surface area is 253 Å². The number of aliphatic hydroxyl groups is 1. The molecule has 1 saturated heterocycles. The molecule has 43 heavy (non-hydrogen) atoms. The van der Waals surface area contributed by atoms with Crippen molar-refractivity contribution in [1.29, 1.82) is 0 Å². The van der Waals surface area contributed by atoms with Gasteiger partial charge in [0.15, 0.2) is 0 Å². The van der Waals surface area contributed by atoms with E-state index in [1.54, 1.807) is 11.8 Å². The van der Waals surface area contributed by atoms with Crippen molar-refractivity contribution >= 4 is 38.4 Å². The highest BCUT2D eigenvalue weighted by Gasteiger charge is 2.48. The van der Waals surface area contributed by atoms with E-state index >= 15 is 0 Å². The SMILES string of the molecule is C[C@@H](O)CC(C)(CN)CC(=O)N[C@H](Cc1c[nH]c2ccccc12)C(=O)N1CCC2(CC1)CN(S(C)(=O)=O)c1ccccc12. The Hall–Kier alpha value is -3.41. The molecule has 11 heteroatoms. The van der Waals surface area contributed by atoms with Gasteiger partial charge in [-0.1, -0.05) is 43.3 Å². The van der Waals surface area contributed by atoms with Crippen LogP contribution >= 0.6 is 0 Å². The maximum absolute atomic E-state index is 14.1. The van der Waals surface area contributed by atoms with Gasteiger partial charge in [-0.3, -0.25) is 13.9 Å². The maximum atomic E-state index is 14.1. The van der Waals surface area contributed by atoms with E-state index in [1.807, 2.05) is 61.7 Å². The number of nitrogens with two attached hydrogens (primary N) is 1. The van der Waals surface area contributed by atoms with E-state index in [0.717, 1.165) is 27.7 Å². The van der Waals surface area contributed by atoms with Crippen LogP contribution in [0.3, 0.4) is 0 Å². The number of para-hydroxylation sites is 2. The second-order valence-electron chi connectivity index (χ2n) is 12.8. The third kappa shape index (κ3) is 6.44. The molecule has 232 valence electrons. The number of nitrogens with one attached hydrogen (secondary N) is 2. The number of nitrogens with zero attached hydrogens (tertiary/aromatic N) is 2. The predicted octanol–water partition coefficient (Wildman–Crippen LogP) is 2.66. The van der Waals surface area contributed by atoms with E-state index in [-0.39, 0.29) is 30.2 Å². The Balaban J connectivity index is 1.36. The predicted molar refractivity (Wildman–Crippen MR) is 168 cm³/mol. The van der Waals surface area contributed by atoms with Gasteiger partial charge in [0, 0.05) is 55.0 Å². The van der Waals surface area contributed by atoms with Crippen LogP contribution in [0.1, 0.15) is 50.7 Å². The number of piperidine rings is 1. The van der Waals surface area contributed by atoms with Crippen molar-refractivity contribution < 1.29 is 23.1 Å². The number of rotatable bonds is 10. The highest BCUT2D eigenvalue weighted by molar-refractivity contribution is 7.92. The Bertz CT molecular complexity index is 1590. The van der Waals surface area contributed by atoms with Gasteiger partial charge in [-0.05, 0) is 61.4 Å². The number of hydrogen-bond acceptors (Lipinski definition) is 6. The molecule has 3 aromatic rings. The molecule has 3 atom stereocenters. The van der Waals surface area contributed by atoms with Gasteiger partial charge in [0.25, 0.3) is 0 Å². The Morgan fingerprint density at radius 1 is 1.14 bits per heavy atom. The number of hydrogen-bond donors (Lipinski definition) is 4. The van der Waals surface area contributed by atoms with Gasteiger partial charge < -0.3 is 26.0 Å². The zero-order valence-electron chi connectivity index (χ0n) is 25.2. The van der Waals surface area contributed by atoms with Gasteiger partial charge in [0.05, 0.1) is 18.0 Å². The lowest BCUT2D eigenvalue weighted by Crippen LogP contribution is -2.54. The molecule has 3 heterocycles. The molecular formula is C32H43N5O5S. The average molecular weight is 610 g/mol. The topological polar surface area (TPSA) is 149 Å². The third-order valence-electron chi connectivity index (χ3n) is 9.22. The Morgan fingerprint density at radius 3 is 2.49 bits per heavy atom. The van der Waals surface area contributed by atoms with Crippen molar-refractivity contribution in [2.24, 2.45) is 11.1 Å². The number of aromatic nitrogens is 1. The van der Waals surface area contributed by atoms with Gasteiger partial charge in [-0.2, -0.15) is 0 Å². The fourth-order valence-electron chi connectivity index (χ4n) is 6.98. The van der Waals surface area contributed by atoms with Crippen molar-refractivity contribution in [1.82, 2.24) is 15.2 Å². The normalized spacial score (nSPS) is 19.2. The number of benzene rings is 2. The van der Waals surface area contributed by atoms with Gasteiger partial charge >= 0.3 is 0 Å². The molecule has 2 amide bonds.